The minimum Gasteiger partial charge on any atom is -0.356 e. The minimum atomic E-state index is -2.27. The van der Waals surface area contributed by atoms with Crippen LogP contribution in [0, 0.1) is 5.92 Å². The molecule has 1 aliphatic rings. The second-order valence-corrected chi connectivity index (χ2v) is 20.9. The van der Waals surface area contributed by atoms with Crippen LogP contribution in [0.4, 0.5) is 0 Å². The van der Waals surface area contributed by atoms with Crippen LogP contribution in [0.5, 0.6) is 0 Å². The van der Waals surface area contributed by atoms with Crippen LogP contribution in [0.15, 0.2) is 125 Å². The quantitative estimate of drug-likeness (QED) is 0.0388. The number of amides is 1. The van der Waals surface area contributed by atoms with Gasteiger partial charge < -0.3 is 4.57 Å². The number of hydrogen-bond donors (Lipinski definition) is 0. The van der Waals surface area contributed by atoms with Crippen LogP contribution in [0.1, 0.15) is 44.4 Å². The van der Waals surface area contributed by atoms with Crippen molar-refractivity contribution in [3.63, 3.8) is 0 Å². The van der Waals surface area contributed by atoms with Gasteiger partial charge in [0.05, 0.1) is 28.1 Å². The first-order chi connectivity index (χ1) is 21.0. The molecule has 0 radical (unpaired) electrons. The summed E-state index contributed by atoms with van der Waals surface area (Å²) < 4.78 is 8.34. The molecule has 1 heterocycles. The summed E-state index contributed by atoms with van der Waals surface area (Å²) in [7, 11) is -2.27. The molecule has 3 atom stereocenters. The molecule has 0 saturated carbocycles. The molecule has 1 saturated heterocycles. The van der Waals surface area contributed by atoms with Gasteiger partial charge in [0, 0.05) is 9.37 Å². The summed E-state index contributed by atoms with van der Waals surface area (Å²) in [6, 6.07) is 39.9. The maximum atomic E-state index is 14.3. The topological polar surface area (TPSA) is 38.8 Å². The van der Waals surface area contributed by atoms with Crippen LogP contribution in [0.3, 0.4) is 0 Å². The van der Waals surface area contributed by atoms with Gasteiger partial charge in [-0.05, 0) is 52.9 Å². The third kappa shape index (κ3) is 6.48. The molecule has 230 valence electrons. The van der Waals surface area contributed by atoms with Gasteiger partial charge in [-0.25, -0.2) is 4.89 Å². The van der Waals surface area contributed by atoms with E-state index in [0.717, 1.165) is 21.4 Å². The lowest BCUT2D eigenvalue weighted by atomic mass is 9.84. The molecule has 8 heteroatoms. The van der Waals surface area contributed by atoms with Crippen molar-refractivity contribution in [1.29, 1.82) is 0 Å². The van der Waals surface area contributed by atoms with Crippen molar-refractivity contribution in [3.8, 4) is 0 Å². The Morgan fingerprint density at radius 1 is 0.773 bits per heavy atom. The summed E-state index contributed by atoms with van der Waals surface area (Å²) in [5.41, 5.74) is 3.52. The van der Waals surface area contributed by atoms with E-state index in [2.05, 4.69) is 145 Å². The van der Waals surface area contributed by atoms with Gasteiger partial charge in [-0.15, -0.1) is 11.8 Å². The SMILES string of the molecule is CC(OOSc1ccc(Br)cc1)C1C(=O)N([Si](C)(C)C(C)(C)C)C1SC(c1ccccc1)(c1ccccc1)c1ccccc1. The number of rotatable bonds is 11. The van der Waals surface area contributed by atoms with Crippen molar-refractivity contribution >= 4 is 53.9 Å². The number of carbonyl (C=O) groups is 1. The molecule has 4 nitrogen and oxygen atoms in total. The zero-order chi connectivity index (χ0) is 31.5. The van der Waals surface area contributed by atoms with Crippen molar-refractivity contribution in [1.82, 2.24) is 4.57 Å². The van der Waals surface area contributed by atoms with Crippen LogP contribution < -0.4 is 0 Å². The van der Waals surface area contributed by atoms with Crippen molar-refractivity contribution < 1.29 is 14.0 Å². The van der Waals surface area contributed by atoms with E-state index in [4.69, 9.17) is 9.22 Å². The maximum Gasteiger partial charge on any atom is 0.224 e. The Morgan fingerprint density at radius 2 is 1.23 bits per heavy atom. The molecule has 1 aliphatic heterocycles. The Kier molecular flexibility index (Phi) is 10.2. The van der Waals surface area contributed by atoms with E-state index in [1.807, 2.05) is 43.0 Å². The lowest BCUT2D eigenvalue weighted by molar-refractivity contribution is -0.246. The highest BCUT2D eigenvalue weighted by Gasteiger charge is 2.61. The molecular formula is C36H40BrNO3S2Si. The van der Waals surface area contributed by atoms with Crippen LogP contribution in [0.25, 0.3) is 0 Å². The largest absolute Gasteiger partial charge is 0.356 e. The maximum absolute atomic E-state index is 14.3. The van der Waals surface area contributed by atoms with Crippen LogP contribution in [-0.4, -0.2) is 30.2 Å². The molecule has 4 aromatic carbocycles. The highest BCUT2D eigenvalue weighted by molar-refractivity contribution is 9.10. The molecule has 5 rings (SSSR count). The fourth-order valence-corrected chi connectivity index (χ4v) is 11.4. The number of halogens is 1. The van der Waals surface area contributed by atoms with Crippen molar-refractivity contribution in [2.75, 3.05) is 0 Å². The second-order valence-electron chi connectivity index (χ2n) is 12.7. The predicted octanol–water partition coefficient (Wildman–Crippen LogP) is 10.3. The van der Waals surface area contributed by atoms with Gasteiger partial charge in [0.15, 0.2) is 8.24 Å². The summed E-state index contributed by atoms with van der Waals surface area (Å²) in [5.74, 6) is -0.239. The highest BCUT2D eigenvalue weighted by Crippen LogP contribution is 2.57. The Morgan fingerprint density at radius 3 is 1.66 bits per heavy atom. The third-order valence-electron chi connectivity index (χ3n) is 9.00. The highest BCUT2D eigenvalue weighted by atomic mass is 79.9. The number of β-lactam (4-membered cyclic amide) rings is 1. The average molecular weight is 707 g/mol. The lowest BCUT2D eigenvalue weighted by Gasteiger charge is -2.60. The van der Waals surface area contributed by atoms with Gasteiger partial charge in [0.2, 0.25) is 5.91 Å². The minimum absolute atomic E-state index is 0.0284. The number of benzene rings is 4. The summed E-state index contributed by atoms with van der Waals surface area (Å²) in [6.07, 6.45) is -0.455. The van der Waals surface area contributed by atoms with E-state index in [1.54, 1.807) is 0 Å². The molecule has 4 aromatic rings. The fourth-order valence-electron chi connectivity index (χ4n) is 5.57. The number of carbonyl (C=O) groups excluding carboxylic acids is 1. The first-order valence-corrected chi connectivity index (χ1v) is 20.3. The smallest absolute Gasteiger partial charge is 0.224 e. The zero-order valence-corrected chi connectivity index (χ0v) is 30.3. The molecule has 0 aliphatic carbocycles. The van der Waals surface area contributed by atoms with Crippen LogP contribution in [-0.2, 0) is 18.8 Å². The summed E-state index contributed by atoms with van der Waals surface area (Å²) in [4.78, 5) is 21.2. The number of nitrogens with zero attached hydrogens (tertiary/aromatic N) is 1. The van der Waals surface area contributed by atoms with Crippen LogP contribution >= 0.6 is 39.7 Å². The van der Waals surface area contributed by atoms with E-state index < -0.39 is 19.1 Å². The van der Waals surface area contributed by atoms with E-state index >= 15 is 0 Å². The van der Waals surface area contributed by atoms with E-state index in [-0.39, 0.29) is 22.2 Å². The van der Waals surface area contributed by atoms with Crippen LogP contribution in [0.2, 0.25) is 18.1 Å². The fraction of sp³-hybridized carbons (Fsp3) is 0.306. The summed E-state index contributed by atoms with van der Waals surface area (Å²) >= 11 is 6.49. The normalized spacial score (nSPS) is 18.2. The van der Waals surface area contributed by atoms with Gasteiger partial charge in [-0.1, -0.05) is 141 Å². The Bertz CT molecular complexity index is 1440. The van der Waals surface area contributed by atoms with Crippen molar-refractivity contribution in [2.45, 2.75) is 66.9 Å². The molecule has 44 heavy (non-hydrogen) atoms. The molecule has 0 spiro atoms. The van der Waals surface area contributed by atoms with E-state index in [0.29, 0.717) is 0 Å². The molecule has 1 fully saturated rings. The summed E-state index contributed by atoms with van der Waals surface area (Å²) in [6.45, 7) is 13.4. The Balaban J connectivity index is 1.57. The Hall–Kier alpha value is -2.33. The number of hydrogen-bond acceptors (Lipinski definition) is 5. The average Bonchev–Trinajstić information content (AvgIpc) is 3.01. The molecule has 0 bridgehead atoms. The predicted molar refractivity (Wildman–Crippen MR) is 190 cm³/mol. The standard InChI is InChI=1S/C36H40BrNO3S2Si/c1-26(40-41-43-31-24-22-30(37)23-25-31)32-33(39)38(44(5,6)35(2,3)4)34(32)42-36(27-16-10-7-11-17-27,28-18-12-8-13-19-28)29-20-14-9-15-21-29/h7-26,32,34H,1-6H3. The van der Waals surface area contributed by atoms with Gasteiger partial charge in [0.1, 0.15) is 6.10 Å². The monoisotopic (exact) mass is 705 g/mol. The van der Waals surface area contributed by atoms with Crippen molar-refractivity contribution in [2.24, 2.45) is 5.92 Å². The molecule has 3 unspecified atom stereocenters. The van der Waals surface area contributed by atoms with Crippen molar-refractivity contribution in [3.05, 3.63) is 136 Å². The van der Waals surface area contributed by atoms with Gasteiger partial charge in [0.25, 0.3) is 0 Å². The van der Waals surface area contributed by atoms with E-state index in [1.165, 1.54) is 16.7 Å². The molecular weight excluding hydrogens is 667 g/mol. The first-order valence-electron chi connectivity index (χ1n) is 14.9. The molecule has 0 aromatic heterocycles. The third-order valence-corrected chi connectivity index (χ3v) is 17.5. The first kappa shape index (κ1) is 33.0. The zero-order valence-electron chi connectivity index (χ0n) is 26.1. The van der Waals surface area contributed by atoms with Gasteiger partial charge in [-0.3, -0.25) is 4.79 Å². The van der Waals surface area contributed by atoms with E-state index in [9.17, 15) is 4.79 Å². The molecule has 1 amide bonds. The lowest BCUT2D eigenvalue weighted by Crippen LogP contribution is -2.74. The number of thioether (sulfide) groups is 1. The molecule has 0 N–H and O–H groups in total. The second kappa shape index (κ2) is 13.6. The Labute approximate surface area is 280 Å². The van der Waals surface area contributed by atoms with Gasteiger partial charge >= 0.3 is 0 Å². The summed E-state index contributed by atoms with van der Waals surface area (Å²) in [5, 5.41) is -0.167. The van der Waals surface area contributed by atoms with Gasteiger partial charge in [-0.2, -0.15) is 4.33 Å².